The Hall–Kier alpha value is -11.7. The van der Waals surface area contributed by atoms with Crippen LogP contribution >= 0.6 is 0 Å². The van der Waals surface area contributed by atoms with E-state index >= 15 is 0 Å². The molecule has 0 aliphatic carbocycles. The number of aromatic nitrogens is 8. The molecule has 8 nitrogen and oxygen atoms in total. The number of nitrogens with zero attached hydrogens (tertiary/aromatic N) is 8. The van der Waals surface area contributed by atoms with Crippen molar-refractivity contribution in [3.63, 3.8) is 0 Å². The largest absolute Gasteiger partial charge is 0.309 e. The Bertz CT molecular complexity index is 5320. The van der Waals surface area contributed by atoms with Crippen LogP contribution in [0.5, 0.6) is 0 Å². The van der Waals surface area contributed by atoms with Crippen molar-refractivity contribution in [2.24, 2.45) is 0 Å². The highest BCUT2D eigenvalue weighted by Gasteiger charge is 2.24. The first kappa shape index (κ1) is 47.9. The Morgan fingerprint density at radius 1 is 0.186 bits per heavy atom. The number of benzene rings is 12. The molecule has 12 aromatic carbocycles. The number of hydrogen-bond acceptors (Lipinski definition) is 4. The number of para-hydroxylation sites is 6. The van der Waals surface area contributed by atoms with Gasteiger partial charge in [0.1, 0.15) is 22.4 Å². The fraction of sp³-hybridized carbons (Fsp3) is 0. The SMILES string of the molecule is c1ccc(-c2nc3c(-c4cccc(-n5c6ccccc6c6cc(-n7c8ccccc8c8ccccc87)ccc65)c4)nnc(-c4cccc(-n5c6ccccc6c6cc(-n7c8ccccc8c8ccccc87)ccc65)c4)c3nc2-c2ccccc2)cc1. The molecule has 8 heteroatoms. The van der Waals surface area contributed by atoms with Gasteiger partial charge in [-0.25, -0.2) is 9.97 Å². The Balaban J connectivity index is 0.816. The fourth-order valence-electron chi connectivity index (χ4n) is 13.7. The average Bonchev–Trinajstić information content (AvgIpc) is 1.82. The van der Waals surface area contributed by atoms with Crippen LogP contribution in [0.25, 0.3) is 166 Å². The molecule has 400 valence electrons. The van der Waals surface area contributed by atoms with Gasteiger partial charge in [-0.3, -0.25) is 0 Å². The van der Waals surface area contributed by atoms with Crippen molar-refractivity contribution >= 4 is 98.3 Å². The van der Waals surface area contributed by atoms with Crippen molar-refractivity contribution in [2.75, 3.05) is 0 Å². The monoisotopic (exact) mass is 1100 g/mol. The molecule has 86 heavy (non-hydrogen) atoms. The van der Waals surface area contributed by atoms with E-state index < -0.39 is 0 Å². The molecule has 0 fully saturated rings. The highest BCUT2D eigenvalue weighted by molar-refractivity contribution is 6.14. The van der Waals surface area contributed by atoms with Crippen molar-refractivity contribution < 1.29 is 0 Å². The van der Waals surface area contributed by atoms with E-state index in [9.17, 15) is 0 Å². The second kappa shape index (κ2) is 18.9. The summed E-state index contributed by atoms with van der Waals surface area (Å²) in [6, 6.07) is 104. The molecule has 6 aromatic heterocycles. The van der Waals surface area contributed by atoms with Crippen molar-refractivity contribution in [2.45, 2.75) is 0 Å². The smallest absolute Gasteiger partial charge is 0.121 e. The summed E-state index contributed by atoms with van der Waals surface area (Å²) >= 11 is 0. The molecular weight excluding hydrogens is 1050 g/mol. The van der Waals surface area contributed by atoms with Crippen LogP contribution in [-0.2, 0) is 0 Å². The maximum atomic E-state index is 5.69. The molecule has 0 saturated carbocycles. The van der Waals surface area contributed by atoms with E-state index in [0.717, 1.165) is 78.5 Å². The first-order valence-electron chi connectivity index (χ1n) is 29.1. The molecule has 0 N–H and O–H groups in total. The van der Waals surface area contributed by atoms with Crippen molar-refractivity contribution in [3.8, 4) is 67.8 Å². The molecule has 0 amide bonds. The lowest BCUT2D eigenvalue weighted by Crippen LogP contribution is -2.03. The molecular formula is C78H48N8. The van der Waals surface area contributed by atoms with Gasteiger partial charge in [-0.15, -0.1) is 10.2 Å². The van der Waals surface area contributed by atoms with Gasteiger partial charge < -0.3 is 18.3 Å². The zero-order chi connectivity index (χ0) is 56.4. The van der Waals surface area contributed by atoms with Gasteiger partial charge in [0.2, 0.25) is 0 Å². The van der Waals surface area contributed by atoms with Crippen LogP contribution in [0.2, 0.25) is 0 Å². The minimum Gasteiger partial charge on any atom is -0.309 e. The highest BCUT2D eigenvalue weighted by atomic mass is 15.1. The molecule has 0 aliphatic heterocycles. The summed E-state index contributed by atoms with van der Waals surface area (Å²) in [5, 5.41) is 20.1. The zero-order valence-electron chi connectivity index (χ0n) is 46.3. The van der Waals surface area contributed by atoms with E-state index in [4.69, 9.17) is 20.2 Å². The second-order valence-electron chi connectivity index (χ2n) is 22.2. The third-order valence-corrected chi connectivity index (χ3v) is 17.4. The van der Waals surface area contributed by atoms with Gasteiger partial charge in [0.25, 0.3) is 0 Å². The minimum atomic E-state index is 0.641. The Kier molecular flexibility index (Phi) is 10.5. The van der Waals surface area contributed by atoms with E-state index in [0.29, 0.717) is 22.4 Å². The molecule has 0 aliphatic rings. The Labute approximate surface area is 493 Å². The summed E-state index contributed by atoms with van der Waals surface area (Å²) in [5.74, 6) is 0. The topological polar surface area (TPSA) is 71.3 Å². The summed E-state index contributed by atoms with van der Waals surface area (Å²) in [6.45, 7) is 0. The number of fused-ring (bicyclic) bond motifs is 13. The first-order chi connectivity index (χ1) is 42.7. The average molecular weight is 1100 g/mol. The van der Waals surface area contributed by atoms with Gasteiger partial charge in [0.15, 0.2) is 0 Å². The van der Waals surface area contributed by atoms with E-state index in [-0.39, 0.29) is 0 Å². The predicted octanol–water partition coefficient (Wildman–Crippen LogP) is 19.5. The molecule has 0 atom stereocenters. The summed E-state index contributed by atoms with van der Waals surface area (Å²) < 4.78 is 9.52. The Morgan fingerprint density at radius 2 is 0.453 bits per heavy atom. The van der Waals surface area contributed by atoms with Gasteiger partial charge in [0, 0.05) is 88.1 Å². The van der Waals surface area contributed by atoms with Gasteiger partial charge in [-0.2, -0.15) is 0 Å². The van der Waals surface area contributed by atoms with E-state index in [1.54, 1.807) is 0 Å². The minimum absolute atomic E-state index is 0.641. The van der Waals surface area contributed by atoms with Crippen LogP contribution in [-0.4, -0.2) is 38.4 Å². The van der Waals surface area contributed by atoms with Crippen LogP contribution in [0.15, 0.2) is 291 Å². The van der Waals surface area contributed by atoms with Crippen LogP contribution in [0, 0.1) is 0 Å². The lowest BCUT2D eigenvalue weighted by Gasteiger charge is -2.16. The van der Waals surface area contributed by atoms with Gasteiger partial charge in [-0.1, -0.05) is 194 Å². The van der Waals surface area contributed by atoms with E-state index in [1.165, 1.54) is 65.2 Å². The predicted molar refractivity (Wildman–Crippen MR) is 354 cm³/mol. The summed E-state index contributed by atoms with van der Waals surface area (Å²) in [6.07, 6.45) is 0. The third kappa shape index (κ3) is 7.23. The standard InChI is InChI=1S/C78H48N8/c1-3-21-49(22-4-1)73-74(50-23-5-2-6-24-50)80-78-76(52-26-20-28-54(46-52)84-70-40-18-12-34-62(70)64-48-56(42-44-72(64)84)86-67-37-15-9-31-59(67)60-32-10-16-38-68(60)86)82-81-75(77(78)79-73)51-25-19-27-53(45-51)83-69-39-17-11-33-61(69)63-47-55(41-43-71(63)83)85-65-35-13-7-29-57(65)58-30-8-14-36-66(58)85/h1-48H. The van der Waals surface area contributed by atoms with Crippen LogP contribution in [0.4, 0.5) is 0 Å². The van der Waals surface area contributed by atoms with Gasteiger partial charge >= 0.3 is 0 Å². The first-order valence-corrected chi connectivity index (χ1v) is 29.1. The van der Waals surface area contributed by atoms with Gasteiger partial charge in [-0.05, 0) is 97.1 Å². The van der Waals surface area contributed by atoms with E-state index in [2.05, 4.69) is 297 Å². The quantitative estimate of drug-likeness (QED) is 0.152. The van der Waals surface area contributed by atoms with Crippen LogP contribution < -0.4 is 0 Å². The third-order valence-electron chi connectivity index (χ3n) is 17.4. The number of hydrogen-bond donors (Lipinski definition) is 0. The molecule has 0 bridgehead atoms. The maximum Gasteiger partial charge on any atom is 0.121 e. The zero-order valence-corrected chi connectivity index (χ0v) is 46.3. The van der Waals surface area contributed by atoms with Crippen LogP contribution in [0.1, 0.15) is 0 Å². The second-order valence-corrected chi connectivity index (χ2v) is 22.2. The molecule has 0 unspecified atom stereocenters. The van der Waals surface area contributed by atoms with Crippen molar-refractivity contribution in [3.05, 3.63) is 291 Å². The number of rotatable bonds is 8. The summed E-state index contributed by atoms with van der Waals surface area (Å²) in [5.41, 5.74) is 21.1. The normalized spacial score (nSPS) is 12.0. The lowest BCUT2D eigenvalue weighted by atomic mass is 10.0. The fourth-order valence-corrected chi connectivity index (χ4v) is 13.7. The van der Waals surface area contributed by atoms with Crippen molar-refractivity contribution in [1.29, 1.82) is 0 Å². The maximum absolute atomic E-state index is 5.69. The van der Waals surface area contributed by atoms with Crippen molar-refractivity contribution in [1.82, 2.24) is 38.4 Å². The molecule has 0 spiro atoms. The lowest BCUT2D eigenvalue weighted by molar-refractivity contribution is 1.05. The van der Waals surface area contributed by atoms with Gasteiger partial charge in [0.05, 0.1) is 55.5 Å². The molecule has 6 heterocycles. The molecule has 18 rings (SSSR count). The molecule has 0 radical (unpaired) electrons. The van der Waals surface area contributed by atoms with E-state index in [1.807, 2.05) is 12.1 Å². The highest BCUT2D eigenvalue weighted by Crippen LogP contribution is 2.42. The summed E-state index contributed by atoms with van der Waals surface area (Å²) in [4.78, 5) is 11.4. The molecule has 0 saturated heterocycles. The Morgan fingerprint density at radius 3 is 0.791 bits per heavy atom. The molecule has 18 aromatic rings. The summed E-state index contributed by atoms with van der Waals surface area (Å²) in [7, 11) is 0. The van der Waals surface area contributed by atoms with Crippen LogP contribution in [0.3, 0.4) is 0 Å².